The van der Waals surface area contributed by atoms with Gasteiger partial charge in [0.2, 0.25) is 0 Å². The Bertz CT molecular complexity index is 651. The molecule has 0 bridgehead atoms. The first-order valence-corrected chi connectivity index (χ1v) is 5.37. The fourth-order valence-corrected chi connectivity index (χ4v) is 1.65. The topological polar surface area (TPSA) is 90.0 Å². The second kappa shape index (κ2) is 4.89. The number of amides is 2. The predicted octanol–water partition coefficient (Wildman–Crippen LogP) is 0.910. The minimum atomic E-state index is -0.713. The van der Waals surface area contributed by atoms with E-state index in [0.29, 0.717) is 0 Å². The Kier molecular flexibility index (Phi) is 3.28. The normalized spacial score (nSPS) is 10.2. The molecular formula is C12H11FN4O2. The highest BCUT2D eigenvalue weighted by Gasteiger charge is 2.16. The number of primary amides is 1. The van der Waals surface area contributed by atoms with Crippen molar-refractivity contribution in [2.45, 2.75) is 0 Å². The molecule has 0 saturated heterocycles. The zero-order chi connectivity index (χ0) is 14.0. The SMILES string of the molecule is Cn1ncc(NC(=O)c2cccc(F)c2)c1C(N)=O. The fourth-order valence-electron chi connectivity index (χ4n) is 1.65. The smallest absolute Gasteiger partial charge is 0.269 e. The lowest BCUT2D eigenvalue weighted by Gasteiger charge is -2.05. The van der Waals surface area contributed by atoms with Gasteiger partial charge in [-0.1, -0.05) is 6.07 Å². The number of hydrogen-bond donors (Lipinski definition) is 2. The van der Waals surface area contributed by atoms with E-state index in [1.54, 1.807) is 0 Å². The van der Waals surface area contributed by atoms with E-state index >= 15 is 0 Å². The van der Waals surface area contributed by atoms with Gasteiger partial charge in [0.05, 0.1) is 11.9 Å². The first kappa shape index (κ1) is 12.7. The summed E-state index contributed by atoms with van der Waals surface area (Å²) >= 11 is 0. The molecule has 1 aromatic carbocycles. The Hall–Kier alpha value is -2.70. The molecule has 19 heavy (non-hydrogen) atoms. The highest BCUT2D eigenvalue weighted by Crippen LogP contribution is 2.15. The number of nitrogens with zero attached hydrogens (tertiary/aromatic N) is 2. The van der Waals surface area contributed by atoms with E-state index in [1.807, 2.05) is 0 Å². The molecule has 1 aromatic heterocycles. The Labute approximate surface area is 108 Å². The van der Waals surface area contributed by atoms with Gasteiger partial charge in [-0.15, -0.1) is 0 Å². The molecule has 0 aliphatic heterocycles. The monoisotopic (exact) mass is 262 g/mol. The van der Waals surface area contributed by atoms with Crippen LogP contribution in [0, 0.1) is 5.82 Å². The number of rotatable bonds is 3. The third-order valence-corrected chi connectivity index (χ3v) is 2.51. The first-order valence-electron chi connectivity index (χ1n) is 5.37. The number of halogens is 1. The number of nitrogens with one attached hydrogen (secondary N) is 1. The van der Waals surface area contributed by atoms with E-state index in [2.05, 4.69) is 10.4 Å². The van der Waals surface area contributed by atoms with Gasteiger partial charge >= 0.3 is 0 Å². The van der Waals surface area contributed by atoms with Crippen LogP contribution in [0.5, 0.6) is 0 Å². The molecule has 0 atom stereocenters. The molecule has 0 radical (unpaired) electrons. The molecule has 0 saturated carbocycles. The van der Waals surface area contributed by atoms with Gasteiger partial charge in [0.15, 0.2) is 0 Å². The Balaban J connectivity index is 2.27. The van der Waals surface area contributed by atoms with Crippen LogP contribution in [0.2, 0.25) is 0 Å². The van der Waals surface area contributed by atoms with Gasteiger partial charge in [0.1, 0.15) is 11.5 Å². The van der Waals surface area contributed by atoms with Crippen LogP contribution in [-0.4, -0.2) is 21.6 Å². The summed E-state index contributed by atoms with van der Waals surface area (Å²) in [5.41, 5.74) is 5.58. The van der Waals surface area contributed by atoms with Crippen molar-refractivity contribution in [2.24, 2.45) is 12.8 Å². The number of carbonyl (C=O) groups is 2. The molecule has 98 valence electrons. The largest absolute Gasteiger partial charge is 0.364 e. The molecule has 0 spiro atoms. The van der Waals surface area contributed by atoms with Crippen molar-refractivity contribution in [3.63, 3.8) is 0 Å². The van der Waals surface area contributed by atoms with Crippen LogP contribution in [0.1, 0.15) is 20.8 Å². The number of aromatic nitrogens is 2. The van der Waals surface area contributed by atoms with Crippen molar-refractivity contribution in [1.82, 2.24) is 9.78 Å². The molecule has 2 amide bonds. The Morgan fingerprint density at radius 3 is 2.79 bits per heavy atom. The molecule has 1 heterocycles. The maximum atomic E-state index is 13.0. The zero-order valence-electron chi connectivity index (χ0n) is 10.1. The molecule has 0 aliphatic rings. The van der Waals surface area contributed by atoms with Crippen molar-refractivity contribution in [1.29, 1.82) is 0 Å². The molecular weight excluding hydrogens is 251 g/mol. The molecule has 6 nitrogen and oxygen atoms in total. The lowest BCUT2D eigenvalue weighted by atomic mass is 10.2. The van der Waals surface area contributed by atoms with E-state index in [0.717, 1.165) is 6.07 Å². The van der Waals surface area contributed by atoms with Crippen molar-refractivity contribution in [3.05, 3.63) is 47.5 Å². The lowest BCUT2D eigenvalue weighted by Crippen LogP contribution is -2.20. The molecule has 3 N–H and O–H groups in total. The number of anilines is 1. The second-order valence-electron chi connectivity index (χ2n) is 3.86. The maximum Gasteiger partial charge on any atom is 0.269 e. The summed E-state index contributed by atoms with van der Waals surface area (Å²) in [4.78, 5) is 23.1. The van der Waals surface area contributed by atoms with Gasteiger partial charge in [-0.2, -0.15) is 5.10 Å². The summed E-state index contributed by atoms with van der Waals surface area (Å²) in [6, 6.07) is 5.20. The zero-order valence-corrected chi connectivity index (χ0v) is 10.1. The number of carbonyl (C=O) groups excluding carboxylic acids is 2. The number of hydrogen-bond acceptors (Lipinski definition) is 3. The van der Waals surface area contributed by atoms with Crippen molar-refractivity contribution < 1.29 is 14.0 Å². The van der Waals surface area contributed by atoms with Crippen molar-refractivity contribution >= 4 is 17.5 Å². The standard InChI is InChI=1S/C12H11FN4O2/c1-17-10(11(14)18)9(6-15-17)16-12(19)7-3-2-4-8(13)5-7/h2-6H,1H3,(H2,14,18)(H,16,19). The summed E-state index contributed by atoms with van der Waals surface area (Å²) in [5, 5.41) is 6.30. The minimum absolute atomic E-state index is 0.0738. The molecule has 0 unspecified atom stereocenters. The average Bonchev–Trinajstić information content (AvgIpc) is 2.70. The first-order chi connectivity index (χ1) is 8.99. The third kappa shape index (κ3) is 2.59. The molecule has 2 rings (SSSR count). The van der Waals surface area contributed by atoms with Crippen LogP contribution >= 0.6 is 0 Å². The summed E-state index contributed by atoms with van der Waals surface area (Å²) in [5.74, 6) is -1.78. The van der Waals surface area contributed by atoms with E-state index in [4.69, 9.17) is 5.73 Å². The van der Waals surface area contributed by atoms with E-state index in [-0.39, 0.29) is 16.9 Å². The van der Waals surface area contributed by atoms with Crippen LogP contribution in [0.15, 0.2) is 30.5 Å². The number of benzene rings is 1. The van der Waals surface area contributed by atoms with Gasteiger partial charge in [0, 0.05) is 12.6 Å². The molecule has 0 fully saturated rings. The summed E-state index contributed by atoms with van der Waals surface area (Å²) in [7, 11) is 1.53. The van der Waals surface area contributed by atoms with Gasteiger partial charge in [-0.25, -0.2) is 4.39 Å². The quantitative estimate of drug-likeness (QED) is 0.861. The van der Waals surface area contributed by atoms with Crippen LogP contribution in [-0.2, 0) is 7.05 Å². The van der Waals surface area contributed by atoms with E-state index in [9.17, 15) is 14.0 Å². The van der Waals surface area contributed by atoms with Crippen molar-refractivity contribution in [3.8, 4) is 0 Å². The van der Waals surface area contributed by atoms with Crippen LogP contribution < -0.4 is 11.1 Å². The van der Waals surface area contributed by atoms with Crippen LogP contribution in [0.25, 0.3) is 0 Å². The molecule has 0 aliphatic carbocycles. The highest BCUT2D eigenvalue weighted by molar-refractivity contribution is 6.08. The van der Waals surface area contributed by atoms with Crippen LogP contribution in [0.4, 0.5) is 10.1 Å². The average molecular weight is 262 g/mol. The third-order valence-electron chi connectivity index (χ3n) is 2.51. The maximum absolute atomic E-state index is 13.0. The lowest BCUT2D eigenvalue weighted by molar-refractivity contribution is 0.0992. The molecule has 7 heteroatoms. The van der Waals surface area contributed by atoms with Crippen molar-refractivity contribution in [2.75, 3.05) is 5.32 Å². The fraction of sp³-hybridized carbons (Fsp3) is 0.0833. The predicted molar refractivity (Wildman–Crippen MR) is 66.1 cm³/mol. The summed E-state index contributed by atoms with van der Waals surface area (Å²) in [6.45, 7) is 0. The van der Waals surface area contributed by atoms with Gasteiger partial charge < -0.3 is 11.1 Å². The summed E-state index contributed by atoms with van der Waals surface area (Å²) in [6.07, 6.45) is 1.30. The molecule has 2 aromatic rings. The van der Waals surface area contributed by atoms with E-state index in [1.165, 1.54) is 36.1 Å². The second-order valence-corrected chi connectivity index (χ2v) is 3.86. The minimum Gasteiger partial charge on any atom is -0.364 e. The number of aryl methyl sites for hydroxylation is 1. The van der Waals surface area contributed by atoms with Gasteiger partial charge in [-0.3, -0.25) is 14.3 Å². The summed E-state index contributed by atoms with van der Waals surface area (Å²) < 4.78 is 14.3. The Morgan fingerprint density at radius 1 is 1.42 bits per heavy atom. The van der Waals surface area contributed by atoms with Gasteiger partial charge in [-0.05, 0) is 18.2 Å². The number of nitrogens with two attached hydrogens (primary N) is 1. The van der Waals surface area contributed by atoms with Gasteiger partial charge in [0.25, 0.3) is 11.8 Å². The highest BCUT2D eigenvalue weighted by atomic mass is 19.1. The van der Waals surface area contributed by atoms with Crippen LogP contribution in [0.3, 0.4) is 0 Å². The Morgan fingerprint density at radius 2 is 2.16 bits per heavy atom. The van der Waals surface area contributed by atoms with E-state index < -0.39 is 17.6 Å².